The van der Waals surface area contributed by atoms with Gasteiger partial charge in [0.15, 0.2) is 0 Å². The Labute approximate surface area is 107 Å². The number of nitrogens with one attached hydrogen (secondary N) is 2. The summed E-state index contributed by atoms with van der Waals surface area (Å²) in [6.45, 7) is 2.83. The smallest absolute Gasteiger partial charge is 0.255 e. The van der Waals surface area contributed by atoms with E-state index in [-0.39, 0.29) is 5.91 Å². The lowest BCUT2D eigenvalue weighted by Crippen LogP contribution is -2.59. The van der Waals surface area contributed by atoms with Gasteiger partial charge in [0.1, 0.15) is 5.76 Å². The lowest BCUT2D eigenvalue weighted by atomic mass is 9.70. The van der Waals surface area contributed by atoms with Crippen LogP contribution in [0.25, 0.3) is 0 Å². The Bertz CT molecular complexity index is 448. The van der Waals surface area contributed by atoms with Gasteiger partial charge in [-0.05, 0) is 51.6 Å². The Kier molecular flexibility index (Phi) is 2.90. The molecule has 1 aliphatic heterocycles. The molecular formula is C14H20N2O2. The number of amides is 1. The Morgan fingerprint density at radius 3 is 3.00 bits per heavy atom. The van der Waals surface area contributed by atoms with Crippen LogP contribution in [0.15, 0.2) is 16.7 Å². The van der Waals surface area contributed by atoms with Crippen molar-refractivity contribution in [1.29, 1.82) is 0 Å². The van der Waals surface area contributed by atoms with E-state index >= 15 is 0 Å². The molecule has 1 aromatic rings. The molecule has 1 saturated carbocycles. The van der Waals surface area contributed by atoms with Crippen LogP contribution < -0.4 is 10.6 Å². The van der Waals surface area contributed by atoms with Crippen LogP contribution in [-0.4, -0.2) is 24.0 Å². The van der Waals surface area contributed by atoms with Gasteiger partial charge in [-0.3, -0.25) is 4.79 Å². The molecule has 2 fully saturated rings. The average molecular weight is 248 g/mol. The molecule has 0 bridgehead atoms. The van der Waals surface area contributed by atoms with Gasteiger partial charge in [0, 0.05) is 11.6 Å². The first-order chi connectivity index (χ1) is 8.69. The second kappa shape index (κ2) is 4.43. The molecule has 18 heavy (non-hydrogen) atoms. The number of carbonyl (C=O) groups excluding carboxylic acids is 1. The fourth-order valence-corrected chi connectivity index (χ4v) is 3.15. The summed E-state index contributed by atoms with van der Waals surface area (Å²) in [6.07, 6.45) is 7.48. The minimum atomic E-state index is 0.00243. The first-order valence-electron chi connectivity index (χ1n) is 6.79. The number of hydrogen-bond donors (Lipinski definition) is 2. The van der Waals surface area contributed by atoms with Crippen molar-refractivity contribution < 1.29 is 9.21 Å². The summed E-state index contributed by atoms with van der Waals surface area (Å²) in [5.74, 6) is 0.697. The van der Waals surface area contributed by atoms with E-state index < -0.39 is 0 Å². The van der Waals surface area contributed by atoms with Crippen molar-refractivity contribution in [2.75, 3.05) is 6.54 Å². The van der Waals surface area contributed by atoms with Crippen molar-refractivity contribution in [3.8, 4) is 0 Å². The molecule has 4 heteroatoms. The third-order valence-electron chi connectivity index (χ3n) is 4.38. The maximum atomic E-state index is 12.1. The summed E-state index contributed by atoms with van der Waals surface area (Å²) in [6, 6.07) is 2.04. The summed E-state index contributed by atoms with van der Waals surface area (Å²) in [5, 5.41) is 6.76. The lowest BCUT2D eigenvalue weighted by Gasteiger charge is -2.48. The summed E-state index contributed by atoms with van der Waals surface area (Å²) in [4.78, 5) is 12.1. The van der Waals surface area contributed by atoms with Crippen molar-refractivity contribution in [3.63, 3.8) is 0 Å². The minimum absolute atomic E-state index is 0.00243. The number of hydrogen-bond acceptors (Lipinski definition) is 3. The fraction of sp³-hybridized carbons (Fsp3) is 0.643. The molecule has 4 nitrogen and oxygen atoms in total. The summed E-state index contributed by atoms with van der Waals surface area (Å²) < 4.78 is 5.17. The predicted octanol–water partition coefficient (Wildman–Crippen LogP) is 1.99. The fourth-order valence-electron chi connectivity index (χ4n) is 3.15. The summed E-state index contributed by atoms with van der Waals surface area (Å²) in [7, 11) is 0. The molecule has 2 aliphatic rings. The molecule has 1 unspecified atom stereocenters. The molecule has 1 aromatic heterocycles. The van der Waals surface area contributed by atoms with Crippen LogP contribution in [-0.2, 0) is 0 Å². The second-order valence-electron chi connectivity index (χ2n) is 5.61. The third-order valence-corrected chi connectivity index (χ3v) is 4.38. The maximum Gasteiger partial charge on any atom is 0.255 e. The molecule has 1 atom stereocenters. The van der Waals surface area contributed by atoms with E-state index in [1.165, 1.54) is 19.3 Å². The molecular weight excluding hydrogens is 228 g/mol. The Balaban J connectivity index is 1.62. The van der Waals surface area contributed by atoms with Gasteiger partial charge < -0.3 is 15.1 Å². The molecule has 1 saturated heterocycles. The van der Waals surface area contributed by atoms with Gasteiger partial charge in [0.25, 0.3) is 5.91 Å². The number of rotatable bonds is 2. The molecule has 1 spiro atoms. The third kappa shape index (κ3) is 2.05. The topological polar surface area (TPSA) is 54.3 Å². The molecule has 1 amide bonds. The SMILES string of the molecule is Cc1occc1C(=O)NC1CCNC2(CCC2)C1. The van der Waals surface area contributed by atoms with Crippen LogP contribution in [0.4, 0.5) is 0 Å². The van der Waals surface area contributed by atoms with Crippen LogP contribution in [0, 0.1) is 6.92 Å². The minimum Gasteiger partial charge on any atom is -0.469 e. The number of piperidine rings is 1. The molecule has 1 aliphatic carbocycles. The largest absolute Gasteiger partial charge is 0.469 e. The number of furan rings is 1. The zero-order chi connectivity index (χ0) is 12.6. The normalized spacial score (nSPS) is 25.7. The van der Waals surface area contributed by atoms with E-state index in [0.717, 1.165) is 19.4 Å². The van der Waals surface area contributed by atoms with Gasteiger partial charge in [-0.15, -0.1) is 0 Å². The van der Waals surface area contributed by atoms with E-state index in [0.29, 0.717) is 22.9 Å². The van der Waals surface area contributed by atoms with Crippen molar-refractivity contribution in [1.82, 2.24) is 10.6 Å². The predicted molar refractivity (Wildman–Crippen MR) is 68.5 cm³/mol. The van der Waals surface area contributed by atoms with Gasteiger partial charge in [-0.1, -0.05) is 0 Å². The Morgan fingerprint density at radius 1 is 1.56 bits per heavy atom. The van der Waals surface area contributed by atoms with Crippen molar-refractivity contribution in [2.45, 2.75) is 50.6 Å². The monoisotopic (exact) mass is 248 g/mol. The van der Waals surface area contributed by atoms with Crippen LogP contribution in [0.2, 0.25) is 0 Å². The molecule has 2 N–H and O–H groups in total. The zero-order valence-electron chi connectivity index (χ0n) is 10.8. The highest BCUT2D eigenvalue weighted by Crippen LogP contribution is 2.38. The molecule has 0 aromatic carbocycles. The van der Waals surface area contributed by atoms with E-state index in [2.05, 4.69) is 10.6 Å². The maximum absolute atomic E-state index is 12.1. The standard InChI is InChI=1S/C14H20N2O2/c1-10-12(4-8-18-10)13(17)16-11-3-7-15-14(9-11)5-2-6-14/h4,8,11,15H,2-3,5-7,9H2,1H3,(H,16,17). The highest BCUT2D eigenvalue weighted by atomic mass is 16.3. The Hall–Kier alpha value is -1.29. The van der Waals surface area contributed by atoms with Crippen LogP contribution >= 0.6 is 0 Å². The van der Waals surface area contributed by atoms with Gasteiger partial charge >= 0.3 is 0 Å². The Morgan fingerprint density at radius 2 is 2.39 bits per heavy atom. The zero-order valence-corrected chi connectivity index (χ0v) is 10.8. The van der Waals surface area contributed by atoms with E-state index in [9.17, 15) is 4.79 Å². The van der Waals surface area contributed by atoms with Crippen LogP contribution in [0.1, 0.15) is 48.2 Å². The highest BCUT2D eigenvalue weighted by molar-refractivity contribution is 5.95. The highest BCUT2D eigenvalue weighted by Gasteiger charge is 2.41. The first-order valence-corrected chi connectivity index (χ1v) is 6.79. The summed E-state index contributed by atoms with van der Waals surface area (Å²) >= 11 is 0. The van der Waals surface area contributed by atoms with Crippen molar-refractivity contribution >= 4 is 5.91 Å². The van der Waals surface area contributed by atoms with Crippen molar-refractivity contribution in [2.24, 2.45) is 0 Å². The van der Waals surface area contributed by atoms with Gasteiger partial charge in [-0.2, -0.15) is 0 Å². The molecule has 2 heterocycles. The molecule has 98 valence electrons. The average Bonchev–Trinajstić information content (AvgIpc) is 2.74. The van der Waals surface area contributed by atoms with Crippen LogP contribution in [0.3, 0.4) is 0 Å². The van der Waals surface area contributed by atoms with E-state index in [1.54, 1.807) is 12.3 Å². The first kappa shape index (κ1) is 11.8. The second-order valence-corrected chi connectivity index (χ2v) is 5.61. The molecule has 3 rings (SSSR count). The quantitative estimate of drug-likeness (QED) is 0.841. The number of carbonyl (C=O) groups is 1. The van der Waals surface area contributed by atoms with Gasteiger partial charge in [-0.25, -0.2) is 0 Å². The summed E-state index contributed by atoms with van der Waals surface area (Å²) in [5.41, 5.74) is 0.984. The van der Waals surface area contributed by atoms with E-state index in [4.69, 9.17) is 4.42 Å². The van der Waals surface area contributed by atoms with E-state index in [1.807, 2.05) is 6.92 Å². The van der Waals surface area contributed by atoms with Gasteiger partial charge in [0.05, 0.1) is 11.8 Å². The lowest BCUT2D eigenvalue weighted by molar-refractivity contribution is 0.0852. The molecule has 0 radical (unpaired) electrons. The number of aryl methyl sites for hydroxylation is 1. The van der Waals surface area contributed by atoms with Crippen molar-refractivity contribution in [3.05, 3.63) is 23.7 Å². The van der Waals surface area contributed by atoms with Crippen LogP contribution in [0.5, 0.6) is 0 Å². The van der Waals surface area contributed by atoms with Gasteiger partial charge in [0.2, 0.25) is 0 Å².